The molecule has 1 aromatic rings. The molecule has 0 aliphatic carbocycles. The predicted molar refractivity (Wildman–Crippen MR) is 89.1 cm³/mol. The summed E-state index contributed by atoms with van der Waals surface area (Å²) >= 11 is 0. The lowest BCUT2D eigenvalue weighted by Gasteiger charge is -2.37. The Morgan fingerprint density at radius 1 is 1.27 bits per heavy atom. The minimum Gasteiger partial charge on any atom is -0.444 e. The van der Waals surface area contributed by atoms with Crippen LogP contribution >= 0.6 is 0 Å². The van der Waals surface area contributed by atoms with Gasteiger partial charge in [-0.05, 0) is 37.8 Å². The zero-order valence-corrected chi connectivity index (χ0v) is 14.3. The largest absolute Gasteiger partial charge is 0.444 e. The van der Waals surface area contributed by atoms with E-state index in [0.717, 1.165) is 18.7 Å². The van der Waals surface area contributed by atoms with Crippen LogP contribution in [0, 0.1) is 0 Å². The summed E-state index contributed by atoms with van der Waals surface area (Å²) in [6.07, 6.45) is -0.230. The van der Waals surface area contributed by atoms with Gasteiger partial charge in [0.25, 0.3) is 0 Å². The molecule has 122 valence electrons. The molecule has 0 unspecified atom stereocenters. The van der Waals surface area contributed by atoms with Gasteiger partial charge in [0.1, 0.15) is 5.60 Å². The number of hydrogen-bond acceptors (Lipinski definition) is 3. The van der Waals surface area contributed by atoms with E-state index in [1.165, 1.54) is 5.56 Å². The van der Waals surface area contributed by atoms with Gasteiger partial charge in [-0.1, -0.05) is 38.1 Å². The Hall–Kier alpha value is -1.55. The van der Waals surface area contributed by atoms with E-state index in [-0.39, 0.29) is 12.1 Å². The Balaban J connectivity index is 2.17. The first kappa shape index (κ1) is 16.8. The number of rotatable bonds is 2. The Bertz CT molecular complexity index is 503. The Morgan fingerprint density at radius 2 is 1.91 bits per heavy atom. The van der Waals surface area contributed by atoms with Gasteiger partial charge in [0, 0.05) is 19.6 Å². The lowest BCUT2D eigenvalue weighted by atomic mass is 9.98. The van der Waals surface area contributed by atoms with E-state index in [2.05, 4.69) is 43.4 Å². The van der Waals surface area contributed by atoms with Gasteiger partial charge in [-0.25, -0.2) is 4.79 Å². The van der Waals surface area contributed by atoms with Crippen molar-refractivity contribution < 1.29 is 9.53 Å². The maximum Gasteiger partial charge on any atom is 0.410 e. The van der Waals surface area contributed by atoms with Gasteiger partial charge in [-0.15, -0.1) is 0 Å². The first-order valence-electron chi connectivity index (χ1n) is 8.08. The van der Waals surface area contributed by atoms with Crippen molar-refractivity contribution in [2.45, 2.75) is 52.2 Å². The van der Waals surface area contributed by atoms with Crippen molar-refractivity contribution in [3.63, 3.8) is 0 Å². The molecule has 0 aromatic heterocycles. The van der Waals surface area contributed by atoms with E-state index >= 15 is 0 Å². The summed E-state index contributed by atoms with van der Waals surface area (Å²) in [6.45, 7) is 12.3. The second-order valence-electron chi connectivity index (χ2n) is 7.22. The fourth-order valence-corrected chi connectivity index (χ4v) is 2.64. The normalized spacial score (nSPS) is 19.4. The maximum atomic E-state index is 12.4. The third-order valence-corrected chi connectivity index (χ3v) is 3.86. The number of hydrogen-bond donors (Lipinski definition) is 1. The molecule has 2 rings (SSSR count). The van der Waals surface area contributed by atoms with Crippen LogP contribution in [0.15, 0.2) is 24.3 Å². The number of amides is 1. The number of carbonyl (C=O) groups excluding carboxylic acids is 1. The van der Waals surface area contributed by atoms with Crippen molar-refractivity contribution in [1.29, 1.82) is 0 Å². The van der Waals surface area contributed by atoms with Crippen LogP contribution in [-0.4, -0.2) is 36.2 Å². The molecule has 4 nitrogen and oxygen atoms in total. The number of ether oxygens (including phenoxy) is 1. The summed E-state index contributed by atoms with van der Waals surface area (Å²) in [5, 5.41) is 3.37. The summed E-state index contributed by atoms with van der Waals surface area (Å²) < 4.78 is 5.55. The molecular formula is C18H28N2O2. The molecule has 1 aromatic carbocycles. The van der Waals surface area contributed by atoms with E-state index < -0.39 is 5.60 Å². The molecule has 0 radical (unpaired) electrons. The molecule has 1 N–H and O–H groups in total. The highest BCUT2D eigenvalue weighted by atomic mass is 16.6. The topological polar surface area (TPSA) is 41.6 Å². The summed E-state index contributed by atoms with van der Waals surface area (Å²) in [5.74, 6) is 0.514. The van der Waals surface area contributed by atoms with Crippen molar-refractivity contribution in [3.8, 4) is 0 Å². The van der Waals surface area contributed by atoms with E-state index in [0.29, 0.717) is 12.5 Å². The number of piperazine rings is 1. The van der Waals surface area contributed by atoms with Crippen molar-refractivity contribution in [1.82, 2.24) is 10.2 Å². The average Bonchev–Trinajstić information content (AvgIpc) is 2.45. The number of benzene rings is 1. The predicted octanol–water partition coefficient (Wildman–Crippen LogP) is 3.69. The quantitative estimate of drug-likeness (QED) is 0.906. The van der Waals surface area contributed by atoms with Gasteiger partial charge < -0.3 is 10.1 Å². The molecular weight excluding hydrogens is 276 g/mol. The lowest BCUT2D eigenvalue weighted by molar-refractivity contribution is 0.0118. The molecule has 1 saturated heterocycles. The van der Waals surface area contributed by atoms with Gasteiger partial charge in [0.2, 0.25) is 0 Å². The molecule has 1 fully saturated rings. The van der Waals surface area contributed by atoms with Gasteiger partial charge in [-0.3, -0.25) is 4.90 Å². The Morgan fingerprint density at radius 3 is 2.45 bits per heavy atom. The molecule has 1 aliphatic rings. The highest BCUT2D eigenvalue weighted by Crippen LogP contribution is 2.26. The third-order valence-electron chi connectivity index (χ3n) is 3.86. The van der Waals surface area contributed by atoms with Crippen LogP contribution in [0.2, 0.25) is 0 Å². The van der Waals surface area contributed by atoms with Crippen LogP contribution in [0.4, 0.5) is 4.79 Å². The zero-order valence-electron chi connectivity index (χ0n) is 14.3. The molecule has 1 aliphatic heterocycles. The first-order chi connectivity index (χ1) is 10.3. The Labute approximate surface area is 133 Å². The first-order valence-corrected chi connectivity index (χ1v) is 8.08. The minimum absolute atomic E-state index is 0.0322. The second-order valence-corrected chi connectivity index (χ2v) is 7.22. The fraction of sp³-hybridized carbons (Fsp3) is 0.611. The summed E-state index contributed by atoms with van der Waals surface area (Å²) in [6, 6.07) is 8.60. The fourth-order valence-electron chi connectivity index (χ4n) is 2.64. The molecule has 1 amide bonds. The molecule has 0 saturated carbocycles. The zero-order chi connectivity index (χ0) is 16.3. The molecule has 0 spiro atoms. The highest BCUT2D eigenvalue weighted by Gasteiger charge is 2.31. The SMILES string of the molecule is CC(C)c1ccc([C@H]2CNCCN2C(=O)OC(C)(C)C)cc1. The van der Waals surface area contributed by atoms with Gasteiger partial charge in [0.05, 0.1) is 6.04 Å². The smallest absolute Gasteiger partial charge is 0.410 e. The number of nitrogens with zero attached hydrogens (tertiary/aromatic N) is 1. The standard InChI is InChI=1S/C18H28N2O2/c1-13(2)14-6-8-15(9-7-14)16-12-19-10-11-20(16)17(21)22-18(3,4)5/h6-9,13,16,19H,10-12H2,1-5H3/t16-/m1/s1. The monoisotopic (exact) mass is 304 g/mol. The van der Waals surface area contributed by atoms with Crippen LogP contribution in [0.3, 0.4) is 0 Å². The number of carbonyl (C=O) groups is 1. The van der Waals surface area contributed by atoms with Gasteiger partial charge in [-0.2, -0.15) is 0 Å². The highest BCUT2D eigenvalue weighted by molar-refractivity contribution is 5.69. The molecule has 0 bridgehead atoms. The second kappa shape index (κ2) is 6.69. The van der Waals surface area contributed by atoms with Crippen LogP contribution in [0.25, 0.3) is 0 Å². The summed E-state index contributed by atoms with van der Waals surface area (Å²) in [7, 11) is 0. The molecule has 1 heterocycles. The molecule has 4 heteroatoms. The van der Waals surface area contributed by atoms with Crippen molar-refractivity contribution in [3.05, 3.63) is 35.4 Å². The molecule has 1 atom stereocenters. The number of nitrogens with one attached hydrogen (secondary N) is 1. The van der Waals surface area contributed by atoms with E-state index in [1.54, 1.807) is 0 Å². The summed E-state index contributed by atoms with van der Waals surface area (Å²) in [4.78, 5) is 14.3. The van der Waals surface area contributed by atoms with Gasteiger partial charge >= 0.3 is 6.09 Å². The maximum absolute atomic E-state index is 12.4. The van der Waals surface area contributed by atoms with E-state index in [1.807, 2.05) is 25.7 Å². The van der Waals surface area contributed by atoms with E-state index in [4.69, 9.17) is 4.74 Å². The molecule has 22 heavy (non-hydrogen) atoms. The van der Waals surface area contributed by atoms with Crippen LogP contribution in [-0.2, 0) is 4.74 Å². The van der Waals surface area contributed by atoms with Crippen LogP contribution < -0.4 is 5.32 Å². The Kier molecular flexibility index (Phi) is 5.12. The average molecular weight is 304 g/mol. The van der Waals surface area contributed by atoms with Gasteiger partial charge in [0.15, 0.2) is 0 Å². The van der Waals surface area contributed by atoms with E-state index in [9.17, 15) is 4.79 Å². The lowest BCUT2D eigenvalue weighted by Crippen LogP contribution is -2.50. The van der Waals surface area contributed by atoms with Crippen molar-refractivity contribution in [2.75, 3.05) is 19.6 Å². The summed E-state index contributed by atoms with van der Waals surface area (Å²) in [5.41, 5.74) is 2.01. The van der Waals surface area contributed by atoms with Crippen LogP contribution in [0.1, 0.15) is 57.7 Å². The van der Waals surface area contributed by atoms with Crippen molar-refractivity contribution >= 4 is 6.09 Å². The van der Waals surface area contributed by atoms with Crippen molar-refractivity contribution in [2.24, 2.45) is 0 Å². The van der Waals surface area contributed by atoms with Crippen LogP contribution in [0.5, 0.6) is 0 Å². The third kappa shape index (κ3) is 4.23. The minimum atomic E-state index is -0.464.